The molecule has 2 aromatic rings. The molecule has 0 aliphatic rings. The van der Waals surface area contributed by atoms with Gasteiger partial charge in [0, 0.05) is 15.4 Å². The van der Waals surface area contributed by atoms with Crippen LogP contribution in [0, 0.1) is 0 Å². The zero-order valence-corrected chi connectivity index (χ0v) is 13.1. The number of rotatable bonds is 4. The lowest BCUT2D eigenvalue weighted by Gasteiger charge is -1.96. The lowest BCUT2D eigenvalue weighted by molar-refractivity contribution is -0.112. The van der Waals surface area contributed by atoms with E-state index in [1.165, 1.54) is 39.6 Å². The first-order chi connectivity index (χ1) is 9.15. The lowest BCUT2D eigenvalue weighted by Crippen LogP contribution is -1.92. The number of aromatic nitrogens is 1. The van der Waals surface area contributed by atoms with Crippen molar-refractivity contribution in [1.29, 1.82) is 0 Å². The Morgan fingerprint density at radius 2 is 2.16 bits per heavy atom. The summed E-state index contributed by atoms with van der Waals surface area (Å²) in [6.07, 6.45) is 1.54. The minimum Gasteiger partial charge on any atom is -0.295 e. The second-order valence-corrected chi connectivity index (χ2v) is 6.65. The highest BCUT2D eigenvalue weighted by atomic mass is 35.5. The van der Waals surface area contributed by atoms with Crippen LogP contribution in [-0.2, 0) is 4.79 Å². The predicted molar refractivity (Wildman–Crippen MR) is 82.3 cm³/mol. The number of carbonyl (C=O) groups excluding carboxylic acids is 1. The predicted octanol–water partition coefficient (Wildman–Crippen LogP) is 4.29. The summed E-state index contributed by atoms with van der Waals surface area (Å²) in [5, 5.41) is 2.22. The monoisotopic (exact) mass is 328 g/mol. The van der Waals surface area contributed by atoms with E-state index >= 15 is 0 Å². The van der Waals surface area contributed by atoms with E-state index < -0.39 is 0 Å². The van der Waals surface area contributed by atoms with Crippen molar-refractivity contribution in [3.8, 4) is 0 Å². The second kappa shape index (κ2) is 7.00. The van der Waals surface area contributed by atoms with Crippen LogP contribution >= 0.6 is 44.2 Å². The zero-order chi connectivity index (χ0) is 13.7. The van der Waals surface area contributed by atoms with Gasteiger partial charge in [0.1, 0.15) is 0 Å². The molecule has 0 atom stereocenters. The van der Waals surface area contributed by atoms with Crippen LogP contribution in [0.4, 0.5) is 5.69 Å². The summed E-state index contributed by atoms with van der Waals surface area (Å²) in [7, 11) is 2.77. The molecule has 3 nitrogen and oxygen atoms in total. The minimum atomic E-state index is 0.0419. The van der Waals surface area contributed by atoms with Crippen LogP contribution in [0.15, 0.2) is 45.6 Å². The maximum atomic E-state index is 10.8. The summed E-state index contributed by atoms with van der Waals surface area (Å²) < 4.78 is 4.70. The normalized spacial score (nSPS) is 12.2. The van der Waals surface area contributed by atoms with E-state index in [2.05, 4.69) is 9.37 Å². The molecule has 0 N–H and O–H groups in total. The van der Waals surface area contributed by atoms with Gasteiger partial charge in [-0.1, -0.05) is 23.4 Å². The SMILES string of the molecule is CC(=O)/C=C/Sc1ccc(N=c2ssnc2Cl)cc1. The van der Waals surface area contributed by atoms with E-state index in [1.54, 1.807) is 11.5 Å². The van der Waals surface area contributed by atoms with Crippen molar-refractivity contribution in [1.82, 2.24) is 4.37 Å². The molecule has 0 bridgehead atoms. The quantitative estimate of drug-likeness (QED) is 0.478. The highest BCUT2D eigenvalue weighted by Gasteiger charge is 1.98. The molecule has 98 valence electrons. The van der Waals surface area contributed by atoms with Gasteiger partial charge in [-0.2, -0.15) is 4.37 Å². The van der Waals surface area contributed by atoms with Crippen LogP contribution in [0.1, 0.15) is 6.92 Å². The van der Waals surface area contributed by atoms with Gasteiger partial charge in [-0.15, -0.1) is 0 Å². The molecule has 2 rings (SSSR count). The summed E-state index contributed by atoms with van der Waals surface area (Å²) in [5.41, 5.74) is 0.832. The van der Waals surface area contributed by atoms with Crippen LogP contribution in [0.2, 0.25) is 5.15 Å². The van der Waals surface area contributed by atoms with Crippen LogP contribution in [0.5, 0.6) is 0 Å². The fourth-order valence-corrected chi connectivity index (χ4v) is 3.85. The van der Waals surface area contributed by atoms with Crippen molar-refractivity contribution < 1.29 is 4.79 Å². The van der Waals surface area contributed by atoms with Gasteiger partial charge in [0.25, 0.3) is 0 Å². The molecule has 0 aliphatic heterocycles. The maximum absolute atomic E-state index is 10.8. The molecule has 0 spiro atoms. The molecular weight excluding hydrogens is 320 g/mol. The molecule has 1 aromatic heterocycles. The first-order valence-corrected chi connectivity index (χ1v) is 8.61. The zero-order valence-electron chi connectivity index (χ0n) is 9.87. The van der Waals surface area contributed by atoms with Gasteiger partial charge in [-0.25, -0.2) is 4.99 Å². The fourth-order valence-electron chi connectivity index (χ4n) is 1.15. The van der Waals surface area contributed by atoms with Gasteiger partial charge >= 0.3 is 0 Å². The smallest absolute Gasteiger partial charge is 0.179 e. The summed E-state index contributed by atoms with van der Waals surface area (Å²) in [5.74, 6) is 0.0419. The van der Waals surface area contributed by atoms with Gasteiger partial charge in [-0.05, 0) is 53.0 Å². The largest absolute Gasteiger partial charge is 0.295 e. The fraction of sp³-hybridized carbons (Fsp3) is 0.0833. The van der Waals surface area contributed by atoms with E-state index in [9.17, 15) is 4.79 Å². The van der Waals surface area contributed by atoms with Crippen molar-refractivity contribution in [2.24, 2.45) is 4.99 Å². The molecule has 0 saturated heterocycles. The Morgan fingerprint density at radius 3 is 2.74 bits per heavy atom. The van der Waals surface area contributed by atoms with Gasteiger partial charge in [-0.3, -0.25) is 4.79 Å². The van der Waals surface area contributed by atoms with Gasteiger partial charge < -0.3 is 0 Å². The van der Waals surface area contributed by atoms with E-state index in [1.807, 2.05) is 24.3 Å². The second-order valence-electron chi connectivity index (χ2n) is 3.48. The Bertz CT molecular complexity index is 658. The molecular formula is C12H9ClN2OS3. The molecule has 0 saturated carbocycles. The highest BCUT2D eigenvalue weighted by Crippen LogP contribution is 2.22. The number of ketones is 1. The maximum Gasteiger partial charge on any atom is 0.179 e. The number of nitrogens with zero attached hydrogens (tertiary/aromatic N) is 2. The first-order valence-electron chi connectivity index (χ1n) is 5.25. The number of benzene rings is 1. The summed E-state index contributed by atoms with van der Waals surface area (Å²) in [6.45, 7) is 1.53. The summed E-state index contributed by atoms with van der Waals surface area (Å²) in [6, 6.07) is 7.72. The van der Waals surface area contributed by atoms with E-state index in [0.29, 0.717) is 5.15 Å². The molecule has 19 heavy (non-hydrogen) atoms. The Hall–Kier alpha value is -0.950. The molecule has 0 radical (unpaired) electrons. The summed E-state index contributed by atoms with van der Waals surface area (Å²) in [4.78, 5) is 16.2. The third-order valence-corrected chi connectivity index (χ3v) is 4.97. The molecule has 1 aromatic carbocycles. The summed E-state index contributed by atoms with van der Waals surface area (Å²) >= 11 is 7.38. The number of hydrogen-bond donors (Lipinski definition) is 0. The molecule has 0 aliphatic carbocycles. The van der Waals surface area contributed by atoms with Gasteiger partial charge in [0.15, 0.2) is 15.6 Å². The number of hydrogen-bond acceptors (Lipinski definition) is 6. The molecule has 0 fully saturated rings. The average molecular weight is 329 g/mol. The van der Waals surface area contributed by atoms with Crippen molar-refractivity contribution in [2.45, 2.75) is 11.8 Å². The van der Waals surface area contributed by atoms with Crippen molar-refractivity contribution in [2.75, 3.05) is 0 Å². The topological polar surface area (TPSA) is 42.3 Å². The minimum absolute atomic E-state index is 0.0419. The van der Waals surface area contributed by atoms with Crippen LogP contribution in [0.3, 0.4) is 0 Å². The third-order valence-electron chi connectivity index (χ3n) is 1.98. The van der Waals surface area contributed by atoms with Crippen LogP contribution in [-0.4, -0.2) is 10.2 Å². The Labute approximate surface area is 127 Å². The highest BCUT2D eigenvalue weighted by molar-refractivity contribution is 8.02. The first kappa shape index (κ1) is 14.5. The van der Waals surface area contributed by atoms with Crippen molar-refractivity contribution in [3.05, 3.63) is 45.6 Å². The van der Waals surface area contributed by atoms with E-state index in [-0.39, 0.29) is 5.78 Å². The standard InChI is InChI=1S/C12H9ClN2OS3/c1-8(16)6-7-17-10-4-2-9(3-5-10)14-12-11(13)15-19-18-12/h2-7H,1H3/b7-6+,14-12?. The van der Waals surface area contributed by atoms with Crippen molar-refractivity contribution in [3.63, 3.8) is 0 Å². The Kier molecular flexibility index (Phi) is 5.33. The van der Waals surface area contributed by atoms with Gasteiger partial charge in [0.05, 0.1) is 5.69 Å². The van der Waals surface area contributed by atoms with E-state index in [0.717, 1.165) is 15.3 Å². The molecule has 0 unspecified atom stereocenters. The van der Waals surface area contributed by atoms with Crippen LogP contribution < -0.4 is 4.67 Å². The molecule has 7 heteroatoms. The third kappa shape index (κ3) is 4.58. The lowest BCUT2D eigenvalue weighted by atomic mass is 10.3. The van der Waals surface area contributed by atoms with Crippen molar-refractivity contribution >= 4 is 55.7 Å². The Balaban J connectivity index is 2.11. The number of halogens is 1. The number of thioether (sulfide) groups is 1. The number of allylic oxidation sites excluding steroid dienone is 1. The number of carbonyl (C=O) groups is 1. The van der Waals surface area contributed by atoms with E-state index in [4.69, 9.17) is 11.6 Å². The Morgan fingerprint density at radius 1 is 1.42 bits per heavy atom. The van der Waals surface area contributed by atoms with Gasteiger partial charge in [0.2, 0.25) is 0 Å². The molecule has 0 amide bonds. The average Bonchev–Trinajstić information content (AvgIpc) is 2.77. The van der Waals surface area contributed by atoms with Crippen LogP contribution in [0.25, 0.3) is 0 Å². The molecule has 1 heterocycles.